The fourth-order valence-corrected chi connectivity index (χ4v) is 1.95. The van der Waals surface area contributed by atoms with Crippen LogP contribution in [0.1, 0.15) is 12.5 Å². The first-order valence-corrected chi connectivity index (χ1v) is 5.83. The van der Waals surface area contributed by atoms with Gasteiger partial charge in [0, 0.05) is 36.1 Å². The van der Waals surface area contributed by atoms with Gasteiger partial charge in [0.1, 0.15) is 6.04 Å². The fraction of sp³-hybridized carbons (Fsp3) is 0.231. The van der Waals surface area contributed by atoms with Crippen molar-refractivity contribution in [3.05, 3.63) is 30.0 Å². The lowest BCUT2D eigenvalue weighted by atomic mass is 10.1. The van der Waals surface area contributed by atoms with Crippen LogP contribution in [0, 0.1) is 0 Å². The van der Waals surface area contributed by atoms with Crippen LogP contribution in [0.3, 0.4) is 0 Å². The molecule has 2 aromatic rings. The Bertz CT molecular complexity index is 633. The Balaban J connectivity index is 2.34. The Kier molecular flexibility index (Phi) is 3.52. The van der Waals surface area contributed by atoms with Crippen molar-refractivity contribution in [1.29, 1.82) is 0 Å². The number of anilines is 1. The number of benzene rings is 1. The van der Waals surface area contributed by atoms with Gasteiger partial charge in [-0.25, -0.2) is 0 Å². The van der Waals surface area contributed by atoms with Crippen LogP contribution in [0.4, 0.5) is 5.69 Å². The van der Waals surface area contributed by atoms with E-state index < -0.39 is 12.0 Å². The van der Waals surface area contributed by atoms with Crippen LogP contribution in [0.2, 0.25) is 0 Å². The molecule has 0 radical (unpaired) electrons. The molecule has 1 unspecified atom stereocenters. The third kappa shape index (κ3) is 2.92. The maximum atomic E-state index is 11.0. The fourth-order valence-electron chi connectivity index (χ4n) is 1.95. The molecule has 0 bridgehead atoms. The zero-order chi connectivity index (χ0) is 14.0. The largest absolute Gasteiger partial charge is 0.480 e. The standard InChI is InChI=1S/C13H15N3O3/c1-7(17)16-9-2-3-12-10(5-9)8(6-15-12)4-11(14)13(18)19/h2-3,5-6,11,15H,4,14H2,1H3,(H,16,17)(H,18,19). The third-order valence-corrected chi connectivity index (χ3v) is 2.84. The van der Waals surface area contributed by atoms with Gasteiger partial charge in [0.05, 0.1) is 0 Å². The molecule has 19 heavy (non-hydrogen) atoms. The molecular weight excluding hydrogens is 246 g/mol. The van der Waals surface area contributed by atoms with Gasteiger partial charge in [-0.2, -0.15) is 0 Å². The van der Waals surface area contributed by atoms with E-state index in [1.54, 1.807) is 18.3 Å². The number of carbonyl (C=O) groups excluding carboxylic acids is 1. The number of carbonyl (C=O) groups is 2. The molecule has 1 amide bonds. The van der Waals surface area contributed by atoms with Crippen molar-refractivity contribution >= 4 is 28.5 Å². The van der Waals surface area contributed by atoms with Gasteiger partial charge in [0.25, 0.3) is 0 Å². The lowest BCUT2D eigenvalue weighted by molar-refractivity contribution is -0.138. The summed E-state index contributed by atoms with van der Waals surface area (Å²) >= 11 is 0. The molecule has 0 aliphatic carbocycles. The van der Waals surface area contributed by atoms with E-state index in [0.717, 1.165) is 16.5 Å². The first-order valence-electron chi connectivity index (χ1n) is 5.83. The number of carboxylic acids is 1. The Morgan fingerprint density at radius 1 is 1.47 bits per heavy atom. The van der Waals surface area contributed by atoms with Gasteiger partial charge in [-0.1, -0.05) is 0 Å². The van der Waals surface area contributed by atoms with Crippen molar-refractivity contribution in [1.82, 2.24) is 4.98 Å². The molecule has 2 rings (SSSR count). The monoisotopic (exact) mass is 261 g/mol. The SMILES string of the molecule is CC(=O)Nc1ccc2[nH]cc(CC(N)C(=O)O)c2c1. The Hall–Kier alpha value is -2.34. The van der Waals surface area contributed by atoms with Gasteiger partial charge in [-0.3, -0.25) is 9.59 Å². The molecule has 100 valence electrons. The highest BCUT2D eigenvalue weighted by Crippen LogP contribution is 2.23. The predicted molar refractivity (Wildman–Crippen MR) is 71.9 cm³/mol. The van der Waals surface area contributed by atoms with Crippen LogP contribution in [0.5, 0.6) is 0 Å². The summed E-state index contributed by atoms with van der Waals surface area (Å²) < 4.78 is 0. The predicted octanol–water partition coefficient (Wildman–Crippen LogP) is 1.08. The maximum absolute atomic E-state index is 11.0. The molecular formula is C13H15N3O3. The van der Waals surface area contributed by atoms with E-state index in [1.807, 2.05) is 6.07 Å². The minimum atomic E-state index is -1.03. The number of amides is 1. The average Bonchev–Trinajstić information content (AvgIpc) is 2.71. The molecule has 0 saturated carbocycles. The van der Waals surface area contributed by atoms with Crippen molar-refractivity contribution in [2.24, 2.45) is 5.73 Å². The number of nitrogens with one attached hydrogen (secondary N) is 2. The van der Waals surface area contributed by atoms with Crippen LogP contribution in [-0.4, -0.2) is 28.0 Å². The van der Waals surface area contributed by atoms with Crippen molar-refractivity contribution in [3.8, 4) is 0 Å². The first kappa shape index (κ1) is 13.1. The highest BCUT2D eigenvalue weighted by atomic mass is 16.4. The summed E-state index contributed by atoms with van der Waals surface area (Å²) in [4.78, 5) is 24.9. The topological polar surface area (TPSA) is 108 Å². The van der Waals surface area contributed by atoms with E-state index in [2.05, 4.69) is 10.3 Å². The van der Waals surface area contributed by atoms with Crippen LogP contribution in [0.25, 0.3) is 10.9 Å². The van der Waals surface area contributed by atoms with Gasteiger partial charge >= 0.3 is 5.97 Å². The normalized spacial score (nSPS) is 12.3. The van der Waals surface area contributed by atoms with Gasteiger partial charge < -0.3 is 21.1 Å². The minimum absolute atomic E-state index is 0.154. The number of hydrogen-bond donors (Lipinski definition) is 4. The van der Waals surface area contributed by atoms with Crippen LogP contribution in [0.15, 0.2) is 24.4 Å². The van der Waals surface area contributed by atoms with E-state index in [-0.39, 0.29) is 12.3 Å². The quantitative estimate of drug-likeness (QED) is 0.660. The lowest BCUT2D eigenvalue weighted by Gasteiger charge is -2.06. The number of fused-ring (bicyclic) bond motifs is 1. The number of hydrogen-bond acceptors (Lipinski definition) is 3. The number of rotatable bonds is 4. The van der Waals surface area contributed by atoms with Crippen LogP contribution >= 0.6 is 0 Å². The second-order valence-electron chi connectivity index (χ2n) is 4.40. The summed E-state index contributed by atoms with van der Waals surface area (Å²) in [5.74, 6) is -1.19. The van der Waals surface area contributed by atoms with Gasteiger partial charge in [0.15, 0.2) is 0 Å². The Morgan fingerprint density at radius 3 is 2.84 bits per heavy atom. The molecule has 1 atom stereocenters. The van der Waals surface area contributed by atoms with E-state index >= 15 is 0 Å². The number of aliphatic carboxylic acids is 1. The van der Waals surface area contributed by atoms with Crippen molar-refractivity contribution < 1.29 is 14.7 Å². The number of aromatic amines is 1. The minimum Gasteiger partial charge on any atom is -0.480 e. The summed E-state index contributed by atoms with van der Waals surface area (Å²) in [6.07, 6.45) is 1.98. The zero-order valence-electron chi connectivity index (χ0n) is 10.4. The van der Waals surface area contributed by atoms with Gasteiger partial charge in [0.2, 0.25) is 5.91 Å². The molecule has 0 aliphatic heterocycles. The van der Waals surface area contributed by atoms with Crippen LogP contribution in [-0.2, 0) is 16.0 Å². The molecule has 0 spiro atoms. The molecule has 6 heteroatoms. The molecule has 1 aromatic carbocycles. The second kappa shape index (κ2) is 5.11. The first-order chi connectivity index (χ1) is 8.97. The van der Waals surface area contributed by atoms with Gasteiger partial charge in [-0.15, -0.1) is 0 Å². The molecule has 0 saturated heterocycles. The zero-order valence-corrected chi connectivity index (χ0v) is 10.4. The highest BCUT2D eigenvalue weighted by Gasteiger charge is 2.15. The summed E-state index contributed by atoms with van der Waals surface area (Å²) in [5, 5.41) is 12.4. The van der Waals surface area contributed by atoms with E-state index in [0.29, 0.717) is 5.69 Å². The van der Waals surface area contributed by atoms with Crippen molar-refractivity contribution in [2.45, 2.75) is 19.4 Å². The number of nitrogens with two attached hydrogens (primary N) is 1. The summed E-state index contributed by atoms with van der Waals surface area (Å²) in [5.41, 5.74) is 7.90. The molecule has 1 aromatic heterocycles. The van der Waals surface area contributed by atoms with Crippen molar-refractivity contribution in [3.63, 3.8) is 0 Å². The van der Waals surface area contributed by atoms with Crippen molar-refractivity contribution in [2.75, 3.05) is 5.32 Å². The second-order valence-corrected chi connectivity index (χ2v) is 4.40. The Morgan fingerprint density at radius 2 is 2.21 bits per heavy atom. The molecule has 5 N–H and O–H groups in total. The summed E-state index contributed by atoms with van der Waals surface area (Å²) in [6, 6.07) is 4.47. The smallest absolute Gasteiger partial charge is 0.320 e. The van der Waals surface area contributed by atoms with E-state index in [9.17, 15) is 9.59 Å². The molecule has 1 heterocycles. The van der Waals surface area contributed by atoms with E-state index in [4.69, 9.17) is 10.8 Å². The molecule has 6 nitrogen and oxygen atoms in total. The molecule has 0 fully saturated rings. The lowest BCUT2D eigenvalue weighted by Crippen LogP contribution is -2.32. The maximum Gasteiger partial charge on any atom is 0.320 e. The van der Waals surface area contributed by atoms with Crippen LogP contribution < -0.4 is 11.1 Å². The third-order valence-electron chi connectivity index (χ3n) is 2.84. The molecule has 0 aliphatic rings. The van der Waals surface area contributed by atoms with Gasteiger partial charge in [-0.05, 0) is 23.8 Å². The highest BCUT2D eigenvalue weighted by molar-refractivity contribution is 5.93. The number of aromatic nitrogens is 1. The number of carboxylic acid groups (broad SMARTS) is 1. The van der Waals surface area contributed by atoms with E-state index in [1.165, 1.54) is 6.92 Å². The summed E-state index contributed by atoms with van der Waals surface area (Å²) in [6.45, 7) is 1.43. The Labute approximate surface area is 109 Å². The number of H-pyrrole nitrogens is 1. The average molecular weight is 261 g/mol. The summed E-state index contributed by atoms with van der Waals surface area (Å²) in [7, 11) is 0.